The molecule has 2 rings (SSSR count). The highest BCUT2D eigenvalue weighted by atomic mass is 19.1. The van der Waals surface area contributed by atoms with Crippen LogP contribution in [0.1, 0.15) is 45.1 Å². The molecule has 1 fully saturated rings. The molecule has 1 aromatic carbocycles. The van der Waals surface area contributed by atoms with Gasteiger partial charge < -0.3 is 10.2 Å². The number of hydrogen-bond donors (Lipinski definition) is 1. The van der Waals surface area contributed by atoms with Gasteiger partial charge in [0.2, 0.25) is 0 Å². The van der Waals surface area contributed by atoms with Crippen molar-refractivity contribution in [1.82, 2.24) is 5.32 Å². The molecule has 0 unspecified atom stereocenters. The molecule has 20 heavy (non-hydrogen) atoms. The zero-order chi connectivity index (χ0) is 14.5. The van der Waals surface area contributed by atoms with Crippen molar-refractivity contribution in [2.75, 3.05) is 18.5 Å². The maximum absolute atomic E-state index is 14.3. The van der Waals surface area contributed by atoms with Gasteiger partial charge in [-0.3, -0.25) is 0 Å². The van der Waals surface area contributed by atoms with E-state index in [1.807, 2.05) is 12.1 Å². The number of anilines is 1. The van der Waals surface area contributed by atoms with E-state index in [1.54, 1.807) is 6.07 Å². The highest BCUT2D eigenvalue weighted by Gasteiger charge is 2.24. The van der Waals surface area contributed by atoms with Crippen LogP contribution in [0, 0.1) is 11.7 Å². The van der Waals surface area contributed by atoms with Crippen LogP contribution in [0.3, 0.4) is 0 Å². The number of halogens is 1. The van der Waals surface area contributed by atoms with Crippen LogP contribution in [-0.2, 0) is 6.54 Å². The smallest absolute Gasteiger partial charge is 0.146 e. The van der Waals surface area contributed by atoms with Crippen LogP contribution >= 0.6 is 0 Å². The third-order valence-corrected chi connectivity index (χ3v) is 4.52. The number of benzene rings is 1. The van der Waals surface area contributed by atoms with Gasteiger partial charge in [0.05, 0.1) is 5.69 Å². The third kappa shape index (κ3) is 3.51. The monoisotopic (exact) mass is 278 g/mol. The van der Waals surface area contributed by atoms with Crippen molar-refractivity contribution in [2.45, 2.75) is 52.1 Å². The van der Waals surface area contributed by atoms with Crippen LogP contribution in [0.25, 0.3) is 0 Å². The predicted octanol–water partition coefficient (Wildman–Crippen LogP) is 3.95. The fraction of sp³-hybridized carbons (Fsp3) is 0.647. The largest absolute Gasteiger partial charge is 0.369 e. The second-order valence-corrected chi connectivity index (χ2v) is 6.05. The first-order chi connectivity index (χ1) is 9.63. The Labute approximate surface area is 122 Å². The lowest BCUT2D eigenvalue weighted by atomic mass is 9.86. The summed E-state index contributed by atoms with van der Waals surface area (Å²) in [5.41, 5.74) is 1.85. The molecule has 0 aromatic heterocycles. The van der Waals surface area contributed by atoms with E-state index < -0.39 is 0 Å². The number of para-hydroxylation sites is 1. The van der Waals surface area contributed by atoms with Crippen molar-refractivity contribution in [3.63, 3.8) is 0 Å². The molecule has 1 aliphatic carbocycles. The Morgan fingerprint density at radius 3 is 2.60 bits per heavy atom. The molecular weight excluding hydrogens is 251 g/mol. The molecule has 0 radical (unpaired) electrons. The first-order valence-electron chi connectivity index (χ1n) is 7.84. The van der Waals surface area contributed by atoms with Gasteiger partial charge in [0, 0.05) is 19.6 Å². The molecule has 0 saturated heterocycles. The Hall–Kier alpha value is -1.09. The van der Waals surface area contributed by atoms with E-state index in [0.29, 0.717) is 6.04 Å². The van der Waals surface area contributed by atoms with E-state index in [4.69, 9.17) is 0 Å². The van der Waals surface area contributed by atoms with E-state index in [0.717, 1.165) is 30.3 Å². The number of nitrogens with zero attached hydrogens (tertiary/aromatic N) is 1. The Morgan fingerprint density at radius 1 is 1.25 bits per heavy atom. The van der Waals surface area contributed by atoms with E-state index in [-0.39, 0.29) is 5.82 Å². The molecule has 1 aromatic rings. The fourth-order valence-electron chi connectivity index (χ4n) is 3.17. The van der Waals surface area contributed by atoms with Crippen LogP contribution in [-0.4, -0.2) is 19.6 Å². The molecule has 112 valence electrons. The first kappa shape index (κ1) is 15.3. The summed E-state index contributed by atoms with van der Waals surface area (Å²) in [7, 11) is 2.05. The number of rotatable bonds is 5. The Balaban J connectivity index is 2.17. The molecule has 1 N–H and O–H groups in total. The molecule has 0 spiro atoms. The van der Waals surface area contributed by atoms with Gasteiger partial charge in [0.1, 0.15) is 5.82 Å². The minimum Gasteiger partial charge on any atom is -0.369 e. The van der Waals surface area contributed by atoms with Crippen LogP contribution in [0.15, 0.2) is 18.2 Å². The average molecular weight is 278 g/mol. The van der Waals surface area contributed by atoms with Crippen molar-refractivity contribution in [2.24, 2.45) is 5.92 Å². The van der Waals surface area contributed by atoms with Gasteiger partial charge >= 0.3 is 0 Å². The quantitative estimate of drug-likeness (QED) is 0.877. The van der Waals surface area contributed by atoms with Crippen LogP contribution in [0.2, 0.25) is 0 Å². The summed E-state index contributed by atoms with van der Waals surface area (Å²) in [5, 5.41) is 3.30. The minimum absolute atomic E-state index is 0.0958. The van der Waals surface area contributed by atoms with Crippen LogP contribution in [0.5, 0.6) is 0 Å². The zero-order valence-electron chi connectivity index (χ0n) is 13.0. The second kappa shape index (κ2) is 7.07. The van der Waals surface area contributed by atoms with Crippen LogP contribution < -0.4 is 10.2 Å². The molecular formula is C17H27FN2. The SMILES string of the molecule is CCNCc1cccc(F)c1N(C)C1CCC(C)CC1. The average Bonchev–Trinajstić information content (AvgIpc) is 2.45. The lowest BCUT2D eigenvalue weighted by Gasteiger charge is -2.36. The molecule has 2 nitrogen and oxygen atoms in total. The van der Waals surface area contributed by atoms with Gasteiger partial charge in [-0.15, -0.1) is 0 Å². The van der Waals surface area contributed by atoms with E-state index in [2.05, 4.69) is 31.1 Å². The summed E-state index contributed by atoms with van der Waals surface area (Å²) < 4.78 is 14.3. The maximum atomic E-state index is 14.3. The summed E-state index contributed by atoms with van der Waals surface area (Å²) in [6, 6.07) is 5.89. The minimum atomic E-state index is -0.0958. The normalized spacial score (nSPS) is 22.8. The third-order valence-electron chi connectivity index (χ3n) is 4.52. The molecule has 0 bridgehead atoms. The Morgan fingerprint density at radius 2 is 1.95 bits per heavy atom. The maximum Gasteiger partial charge on any atom is 0.146 e. The first-order valence-corrected chi connectivity index (χ1v) is 7.84. The van der Waals surface area contributed by atoms with Crippen molar-refractivity contribution in [3.8, 4) is 0 Å². The van der Waals surface area contributed by atoms with Crippen molar-refractivity contribution < 1.29 is 4.39 Å². The van der Waals surface area contributed by atoms with Gasteiger partial charge in [0.15, 0.2) is 0 Å². The summed E-state index contributed by atoms with van der Waals surface area (Å²) in [4.78, 5) is 2.17. The molecule has 1 saturated carbocycles. The Bertz CT molecular complexity index is 425. The molecule has 0 aliphatic heterocycles. The molecule has 1 aliphatic rings. The van der Waals surface area contributed by atoms with Crippen molar-refractivity contribution in [3.05, 3.63) is 29.6 Å². The van der Waals surface area contributed by atoms with Crippen molar-refractivity contribution in [1.29, 1.82) is 0 Å². The molecule has 0 atom stereocenters. The standard InChI is InChI=1S/C17H27FN2/c1-4-19-12-14-6-5-7-16(18)17(14)20(3)15-10-8-13(2)9-11-15/h5-7,13,15,19H,4,8-12H2,1-3H3. The molecule has 0 heterocycles. The second-order valence-electron chi connectivity index (χ2n) is 6.05. The highest BCUT2D eigenvalue weighted by molar-refractivity contribution is 5.55. The predicted molar refractivity (Wildman–Crippen MR) is 83.6 cm³/mol. The van der Waals surface area contributed by atoms with Crippen LogP contribution in [0.4, 0.5) is 10.1 Å². The lowest BCUT2D eigenvalue weighted by molar-refractivity contribution is 0.339. The van der Waals surface area contributed by atoms with Gasteiger partial charge in [-0.1, -0.05) is 26.0 Å². The fourth-order valence-corrected chi connectivity index (χ4v) is 3.17. The summed E-state index contributed by atoms with van der Waals surface area (Å²) in [6.45, 7) is 6.03. The summed E-state index contributed by atoms with van der Waals surface area (Å²) in [6.07, 6.45) is 4.86. The van der Waals surface area contributed by atoms with E-state index >= 15 is 0 Å². The number of hydrogen-bond acceptors (Lipinski definition) is 2. The lowest BCUT2D eigenvalue weighted by Crippen LogP contribution is -2.36. The topological polar surface area (TPSA) is 15.3 Å². The van der Waals surface area contributed by atoms with Gasteiger partial charge in [0.25, 0.3) is 0 Å². The van der Waals surface area contributed by atoms with Crippen molar-refractivity contribution >= 4 is 5.69 Å². The van der Waals surface area contributed by atoms with E-state index in [1.165, 1.54) is 25.7 Å². The van der Waals surface area contributed by atoms with Gasteiger partial charge in [-0.05, 0) is 49.8 Å². The van der Waals surface area contributed by atoms with Gasteiger partial charge in [-0.25, -0.2) is 4.39 Å². The Kier molecular flexibility index (Phi) is 5.41. The van der Waals surface area contributed by atoms with Gasteiger partial charge in [-0.2, -0.15) is 0 Å². The highest BCUT2D eigenvalue weighted by Crippen LogP contribution is 2.32. The molecule has 0 amide bonds. The molecule has 3 heteroatoms. The number of nitrogens with one attached hydrogen (secondary N) is 1. The zero-order valence-corrected chi connectivity index (χ0v) is 13.0. The summed E-state index contributed by atoms with van der Waals surface area (Å²) in [5.74, 6) is 0.725. The summed E-state index contributed by atoms with van der Waals surface area (Å²) >= 11 is 0. The van der Waals surface area contributed by atoms with E-state index in [9.17, 15) is 4.39 Å².